The lowest BCUT2D eigenvalue weighted by Gasteiger charge is -2.13. The van der Waals surface area contributed by atoms with Gasteiger partial charge in [-0.2, -0.15) is 0 Å². The van der Waals surface area contributed by atoms with E-state index in [2.05, 4.69) is 20.9 Å². The Balaban J connectivity index is 1.92. The van der Waals surface area contributed by atoms with Crippen LogP contribution in [0.4, 0.5) is 8.78 Å². The Hall–Kier alpha value is -1.54. The van der Waals surface area contributed by atoms with Crippen molar-refractivity contribution in [1.29, 1.82) is 0 Å². The summed E-state index contributed by atoms with van der Waals surface area (Å²) in [5, 5.41) is 0. The summed E-state index contributed by atoms with van der Waals surface area (Å²) < 4.78 is 35.9. The number of halogens is 3. The maximum Gasteiger partial charge on any atom is 0.311 e. The van der Waals surface area contributed by atoms with Crippen molar-refractivity contribution in [2.24, 2.45) is 0 Å². The van der Waals surface area contributed by atoms with Crippen LogP contribution in [0, 0.1) is 16.4 Å². The molecule has 0 fully saturated rings. The number of carbonyl (C=O) groups excluding carboxylic acids is 1. The van der Waals surface area contributed by atoms with E-state index in [1.807, 2.05) is 0 Å². The van der Waals surface area contributed by atoms with E-state index in [9.17, 15) is 13.6 Å². The van der Waals surface area contributed by atoms with Crippen LogP contribution in [0.1, 0.15) is 29.8 Å². The Morgan fingerprint density at radius 2 is 2.25 bits per heavy atom. The van der Waals surface area contributed by atoms with Gasteiger partial charge in [-0.05, 0) is 53.6 Å². The summed E-state index contributed by atoms with van der Waals surface area (Å²) >= 11 is 8.37. The molecule has 1 N–H and O–H groups in total. The molecule has 1 aromatic carbocycles. The maximum atomic E-state index is 14.4. The van der Waals surface area contributed by atoms with E-state index in [1.165, 1.54) is 12.1 Å². The van der Waals surface area contributed by atoms with Gasteiger partial charge in [0.05, 0.1) is 17.5 Å². The minimum atomic E-state index is -0.590. The third-order valence-electron chi connectivity index (χ3n) is 4.13. The average molecular weight is 417 g/mol. The molecule has 0 amide bonds. The molecule has 1 aliphatic rings. The number of rotatable bonds is 4. The highest BCUT2D eigenvalue weighted by Gasteiger charge is 2.31. The number of hydrogen-bond donors (Lipinski definition) is 1. The van der Waals surface area contributed by atoms with E-state index in [1.54, 1.807) is 11.5 Å². The van der Waals surface area contributed by atoms with Crippen LogP contribution < -0.4 is 0 Å². The second kappa shape index (κ2) is 6.76. The second-order valence-electron chi connectivity index (χ2n) is 5.61. The van der Waals surface area contributed by atoms with E-state index in [-0.39, 0.29) is 28.3 Å². The number of benzene rings is 1. The molecule has 24 heavy (non-hydrogen) atoms. The molecule has 0 saturated heterocycles. The Morgan fingerprint density at radius 1 is 1.50 bits per heavy atom. The molecule has 1 aliphatic heterocycles. The molecule has 0 saturated carbocycles. The van der Waals surface area contributed by atoms with Crippen molar-refractivity contribution in [3.63, 3.8) is 0 Å². The molecule has 1 atom stereocenters. The predicted octanol–water partition coefficient (Wildman–Crippen LogP) is 4.03. The molecule has 0 spiro atoms. The van der Waals surface area contributed by atoms with Crippen LogP contribution in [0.25, 0.3) is 0 Å². The summed E-state index contributed by atoms with van der Waals surface area (Å²) in [7, 11) is 0. The van der Waals surface area contributed by atoms with Crippen molar-refractivity contribution >= 4 is 34.1 Å². The lowest BCUT2D eigenvalue weighted by molar-refractivity contribution is -0.142. The number of aromatic amines is 1. The fourth-order valence-electron chi connectivity index (χ4n) is 3.11. The molecule has 3 rings (SSSR count). The Bertz CT molecular complexity index is 862. The molecule has 0 unspecified atom stereocenters. The summed E-state index contributed by atoms with van der Waals surface area (Å²) in [5.74, 6) is -1.89. The highest BCUT2D eigenvalue weighted by Crippen LogP contribution is 2.36. The third kappa shape index (κ3) is 3.04. The number of ether oxygens (including phenoxy) is 1. The zero-order valence-electron chi connectivity index (χ0n) is 12.9. The Kier molecular flexibility index (Phi) is 4.87. The summed E-state index contributed by atoms with van der Waals surface area (Å²) in [5.41, 5.74) is 1.50. The van der Waals surface area contributed by atoms with Crippen LogP contribution in [0.2, 0.25) is 0 Å². The first kappa shape index (κ1) is 17.3. The first-order valence-corrected chi connectivity index (χ1v) is 8.72. The molecule has 0 bridgehead atoms. The quantitative estimate of drug-likeness (QED) is 0.464. The van der Waals surface area contributed by atoms with Gasteiger partial charge in [0.2, 0.25) is 0 Å². The Morgan fingerprint density at radius 3 is 2.96 bits per heavy atom. The number of imidazole rings is 1. The van der Waals surface area contributed by atoms with E-state index < -0.39 is 11.6 Å². The van der Waals surface area contributed by atoms with Crippen molar-refractivity contribution in [2.45, 2.75) is 32.2 Å². The van der Waals surface area contributed by atoms with Gasteiger partial charge in [-0.3, -0.25) is 4.79 Å². The molecule has 2 aromatic rings. The number of carbonyl (C=O) groups is 1. The number of nitrogens with one attached hydrogen (secondary N) is 1. The molecular formula is C16H15BrF2N2O2S. The van der Waals surface area contributed by atoms with Gasteiger partial charge >= 0.3 is 5.97 Å². The zero-order valence-corrected chi connectivity index (χ0v) is 15.3. The molecule has 1 aromatic heterocycles. The molecule has 0 aliphatic carbocycles. The van der Waals surface area contributed by atoms with Crippen molar-refractivity contribution in [2.75, 3.05) is 6.61 Å². The third-order valence-corrected chi connectivity index (χ3v) is 5.07. The molecule has 2 heterocycles. The monoisotopic (exact) mass is 416 g/mol. The van der Waals surface area contributed by atoms with Crippen LogP contribution in [-0.4, -0.2) is 22.1 Å². The lowest BCUT2D eigenvalue weighted by Crippen LogP contribution is -2.10. The van der Waals surface area contributed by atoms with Crippen LogP contribution in [0.3, 0.4) is 0 Å². The average Bonchev–Trinajstić information content (AvgIpc) is 3.06. The van der Waals surface area contributed by atoms with Gasteiger partial charge in [0.1, 0.15) is 11.6 Å². The van der Waals surface area contributed by atoms with Gasteiger partial charge < -0.3 is 14.3 Å². The van der Waals surface area contributed by atoms with Gasteiger partial charge in [-0.25, -0.2) is 8.78 Å². The summed E-state index contributed by atoms with van der Waals surface area (Å²) in [4.78, 5) is 14.7. The van der Waals surface area contributed by atoms with E-state index in [0.29, 0.717) is 30.0 Å². The van der Waals surface area contributed by atoms with Gasteiger partial charge in [-0.15, -0.1) is 0 Å². The topological polar surface area (TPSA) is 47.0 Å². The lowest BCUT2D eigenvalue weighted by atomic mass is 9.95. The predicted molar refractivity (Wildman–Crippen MR) is 90.5 cm³/mol. The molecule has 8 heteroatoms. The smallest absolute Gasteiger partial charge is 0.311 e. The summed E-state index contributed by atoms with van der Waals surface area (Å²) in [6.45, 7) is 2.41. The largest absolute Gasteiger partial charge is 0.466 e. The molecule has 4 nitrogen and oxygen atoms in total. The molecule has 0 radical (unpaired) electrons. The first-order chi connectivity index (χ1) is 11.4. The standard InChI is InChI=1S/C16H15BrF2N2O2S/c1-2-23-13(22)6-11-12-5-8(7-21(12)16(24)20-11)14-10(18)4-3-9(17)15(14)19/h3-4,8H,2,5-7H2,1H3,(H,20,24)/t8-/m0/s1. The highest BCUT2D eigenvalue weighted by atomic mass is 79.9. The first-order valence-electron chi connectivity index (χ1n) is 7.52. The van der Waals surface area contributed by atoms with Gasteiger partial charge in [0, 0.05) is 29.4 Å². The number of H-pyrrole nitrogens is 1. The zero-order chi connectivity index (χ0) is 17.4. The summed E-state index contributed by atoms with van der Waals surface area (Å²) in [6, 6.07) is 2.60. The fraction of sp³-hybridized carbons (Fsp3) is 0.375. The second-order valence-corrected chi connectivity index (χ2v) is 6.85. The van der Waals surface area contributed by atoms with Crippen molar-refractivity contribution < 1.29 is 18.3 Å². The molecular weight excluding hydrogens is 402 g/mol. The van der Waals surface area contributed by atoms with Gasteiger partial charge in [0.15, 0.2) is 4.77 Å². The molecule has 128 valence electrons. The maximum absolute atomic E-state index is 14.4. The number of fused-ring (bicyclic) bond motifs is 1. The summed E-state index contributed by atoms with van der Waals surface area (Å²) in [6.07, 6.45) is 0.474. The van der Waals surface area contributed by atoms with Crippen LogP contribution in [-0.2, 0) is 28.9 Å². The van der Waals surface area contributed by atoms with Crippen LogP contribution in [0.5, 0.6) is 0 Å². The van der Waals surface area contributed by atoms with Crippen molar-refractivity contribution in [3.05, 3.63) is 50.0 Å². The minimum Gasteiger partial charge on any atom is -0.466 e. The number of hydrogen-bond acceptors (Lipinski definition) is 3. The fourth-order valence-corrected chi connectivity index (χ4v) is 3.77. The van der Waals surface area contributed by atoms with Gasteiger partial charge in [-0.1, -0.05) is 0 Å². The van der Waals surface area contributed by atoms with Crippen LogP contribution in [0.15, 0.2) is 16.6 Å². The van der Waals surface area contributed by atoms with E-state index in [0.717, 1.165) is 5.69 Å². The SMILES string of the molecule is CCOC(=O)Cc1[nH]c(=S)n2c1C[C@H](c1c(F)ccc(Br)c1F)C2. The normalized spacial score (nSPS) is 16.2. The van der Waals surface area contributed by atoms with E-state index in [4.69, 9.17) is 17.0 Å². The van der Waals surface area contributed by atoms with Crippen molar-refractivity contribution in [3.8, 4) is 0 Å². The number of aromatic nitrogens is 2. The number of esters is 1. The highest BCUT2D eigenvalue weighted by molar-refractivity contribution is 9.10. The van der Waals surface area contributed by atoms with E-state index >= 15 is 0 Å². The van der Waals surface area contributed by atoms with Crippen LogP contribution >= 0.6 is 28.1 Å². The van der Waals surface area contributed by atoms with Crippen molar-refractivity contribution in [1.82, 2.24) is 9.55 Å². The minimum absolute atomic E-state index is 0.0459. The van der Waals surface area contributed by atoms with Gasteiger partial charge in [0.25, 0.3) is 0 Å². The Labute approximate surface area is 151 Å². The number of nitrogens with zero attached hydrogens (tertiary/aromatic N) is 1.